The van der Waals surface area contributed by atoms with Crippen LogP contribution >= 0.6 is 15.9 Å². The topological polar surface area (TPSA) is 75.0 Å². The highest BCUT2D eigenvalue weighted by Crippen LogP contribution is 2.17. The monoisotopic (exact) mass is 260 g/mol. The first-order chi connectivity index (χ1) is 6.66. The molecule has 0 saturated carbocycles. The maximum atomic E-state index is 11.2. The third-order valence-corrected chi connectivity index (χ3v) is 2.55. The maximum Gasteiger partial charge on any atom is 0.267 e. The number of nitrogens with one attached hydrogen (secondary N) is 1. The van der Waals surface area contributed by atoms with Gasteiger partial charge in [0.2, 0.25) is 0 Å². The molecule has 0 bridgehead atoms. The summed E-state index contributed by atoms with van der Waals surface area (Å²) in [6, 6.07) is 0. The molecule has 0 spiro atoms. The lowest BCUT2D eigenvalue weighted by Gasteiger charge is -2.17. The highest BCUT2D eigenvalue weighted by atomic mass is 79.9. The minimum atomic E-state index is -0.172. The fraction of sp³-hybridized carbons (Fsp3) is 0.500. The van der Waals surface area contributed by atoms with Crippen LogP contribution in [0.2, 0.25) is 0 Å². The van der Waals surface area contributed by atoms with E-state index in [1.165, 1.54) is 6.33 Å². The minimum absolute atomic E-state index is 0.172. The molecule has 78 valence electrons. The van der Waals surface area contributed by atoms with Crippen LogP contribution in [-0.2, 0) is 0 Å². The third kappa shape index (κ3) is 2.55. The summed E-state index contributed by atoms with van der Waals surface area (Å²) in [5.41, 5.74) is 5.22. The van der Waals surface area contributed by atoms with Crippen LogP contribution in [-0.4, -0.2) is 30.1 Å². The van der Waals surface area contributed by atoms with Crippen molar-refractivity contribution in [1.82, 2.24) is 9.97 Å². The third-order valence-electron chi connectivity index (χ3n) is 1.84. The van der Waals surface area contributed by atoms with Gasteiger partial charge in [-0.25, -0.2) is 4.98 Å². The van der Waals surface area contributed by atoms with E-state index in [2.05, 4.69) is 25.9 Å². The van der Waals surface area contributed by atoms with Gasteiger partial charge >= 0.3 is 0 Å². The van der Waals surface area contributed by atoms with Crippen molar-refractivity contribution >= 4 is 21.7 Å². The molecule has 0 aliphatic carbocycles. The Morgan fingerprint density at radius 3 is 3.07 bits per heavy atom. The Morgan fingerprint density at radius 1 is 1.71 bits per heavy atom. The van der Waals surface area contributed by atoms with Crippen molar-refractivity contribution in [2.75, 3.05) is 25.0 Å². The first kappa shape index (κ1) is 11.2. The summed E-state index contributed by atoms with van der Waals surface area (Å²) in [6.45, 7) is 1.41. The highest BCUT2D eigenvalue weighted by molar-refractivity contribution is 9.10. The number of aromatic amines is 1. The van der Waals surface area contributed by atoms with Crippen molar-refractivity contribution < 1.29 is 0 Å². The van der Waals surface area contributed by atoms with Gasteiger partial charge in [0.1, 0.15) is 10.3 Å². The molecule has 1 heterocycles. The van der Waals surface area contributed by atoms with Crippen LogP contribution < -0.4 is 16.2 Å². The molecule has 1 rings (SSSR count). The fourth-order valence-electron chi connectivity index (χ4n) is 1.07. The van der Waals surface area contributed by atoms with E-state index in [0.717, 1.165) is 13.0 Å². The van der Waals surface area contributed by atoms with Crippen molar-refractivity contribution in [1.29, 1.82) is 0 Å². The lowest BCUT2D eigenvalue weighted by atomic mass is 10.4. The van der Waals surface area contributed by atoms with Crippen LogP contribution in [0.3, 0.4) is 0 Å². The van der Waals surface area contributed by atoms with Crippen LogP contribution in [0.4, 0.5) is 5.82 Å². The quantitative estimate of drug-likeness (QED) is 0.818. The predicted molar refractivity (Wildman–Crippen MR) is 59.5 cm³/mol. The molecule has 6 heteroatoms. The standard InChI is InChI=1S/C8H13BrN4O/c1-13(4-2-3-10)7-6(9)8(14)12-5-11-7/h5H,2-4,10H2,1H3,(H,11,12,14). The van der Waals surface area contributed by atoms with E-state index < -0.39 is 0 Å². The summed E-state index contributed by atoms with van der Waals surface area (Å²) in [7, 11) is 1.88. The van der Waals surface area contributed by atoms with Gasteiger partial charge in [0.25, 0.3) is 5.56 Å². The molecule has 1 aromatic rings. The van der Waals surface area contributed by atoms with E-state index in [1.54, 1.807) is 0 Å². The van der Waals surface area contributed by atoms with E-state index in [4.69, 9.17) is 5.73 Å². The van der Waals surface area contributed by atoms with Crippen LogP contribution in [0.25, 0.3) is 0 Å². The number of hydrogen-bond donors (Lipinski definition) is 2. The number of hydrogen-bond acceptors (Lipinski definition) is 4. The van der Waals surface area contributed by atoms with E-state index in [-0.39, 0.29) is 5.56 Å². The van der Waals surface area contributed by atoms with E-state index in [9.17, 15) is 4.79 Å². The molecule has 0 fully saturated rings. The molecule has 5 nitrogen and oxygen atoms in total. The fourth-order valence-corrected chi connectivity index (χ4v) is 1.59. The summed E-state index contributed by atoms with van der Waals surface area (Å²) in [5, 5.41) is 0. The smallest absolute Gasteiger partial charge is 0.267 e. The molecule has 0 aliphatic heterocycles. The van der Waals surface area contributed by atoms with Gasteiger partial charge in [0.05, 0.1) is 6.33 Å². The second-order valence-corrected chi connectivity index (χ2v) is 3.73. The first-order valence-electron chi connectivity index (χ1n) is 4.31. The Labute approximate surface area is 90.5 Å². The Balaban J connectivity index is 2.84. The molecule has 1 aromatic heterocycles. The molecule has 0 saturated heterocycles. The lowest BCUT2D eigenvalue weighted by Crippen LogP contribution is -2.24. The van der Waals surface area contributed by atoms with Gasteiger partial charge in [-0.05, 0) is 28.9 Å². The van der Waals surface area contributed by atoms with Gasteiger partial charge in [-0.3, -0.25) is 4.79 Å². The number of anilines is 1. The lowest BCUT2D eigenvalue weighted by molar-refractivity contribution is 0.782. The Bertz CT molecular complexity index is 351. The average Bonchev–Trinajstić information content (AvgIpc) is 2.18. The predicted octanol–water partition coefficient (Wildman–Crippen LogP) is 0.317. The number of rotatable bonds is 4. The Morgan fingerprint density at radius 2 is 2.43 bits per heavy atom. The maximum absolute atomic E-state index is 11.2. The summed E-state index contributed by atoms with van der Waals surface area (Å²) < 4.78 is 0.458. The average molecular weight is 261 g/mol. The normalized spacial score (nSPS) is 10.2. The van der Waals surface area contributed by atoms with Gasteiger partial charge in [0.15, 0.2) is 0 Å². The van der Waals surface area contributed by atoms with Crippen molar-refractivity contribution in [2.24, 2.45) is 5.73 Å². The Kier molecular flexibility index (Phi) is 4.09. The number of nitrogens with zero attached hydrogens (tertiary/aromatic N) is 2. The molecule has 14 heavy (non-hydrogen) atoms. The molecule has 0 unspecified atom stereocenters. The minimum Gasteiger partial charge on any atom is -0.358 e. The van der Waals surface area contributed by atoms with Gasteiger partial charge in [-0.15, -0.1) is 0 Å². The van der Waals surface area contributed by atoms with Crippen molar-refractivity contribution in [3.8, 4) is 0 Å². The molecule has 3 N–H and O–H groups in total. The first-order valence-corrected chi connectivity index (χ1v) is 5.10. The van der Waals surface area contributed by atoms with Gasteiger partial charge in [-0.1, -0.05) is 0 Å². The van der Waals surface area contributed by atoms with E-state index in [1.807, 2.05) is 11.9 Å². The summed E-state index contributed by atoms with van der Waals surface area (Å²) in [6.07, 6.45) is 2.26. The molecule has 0 atom stereocenters. The van der Waals surface area contributed by atoms with Crippen molar-refractivity contribution in [2.45, 2.75) is 6.42 Å². The largest absolute Gasteiger partial charge is 0.358 e. The van der Waals surface area contributed by atoms with Crippen molar-refractivity contribution in [3.05, 3.63) is 21.2 Å². The Hall–Kier alpha value is -0.880. The molecule has 0 aromatic carbocycles. The number of halogens is 1. The second-order valence-electron chi connectivity index (χ2n) is 2.93. The van der Waals surface area contributed by atoms with Gasteiger partial charge < -0.3 is 15.6 Å². The van der Waals surface area contributed by atoms with Gasteiger partial charge in [0, 0.05) is 13.6 Å². The molecule has 0 radical (unpaired) electrons. The molecular weight excluding hydrogens is 248 g/mol. The SMILES string of the molecule is CN(CCCN)c1nc[nH]c(=O)c1Br. The molecule has 0 amide bonds. The summed E-state index contributed by atoms with van der Waals surface area (Å²) in [4.78, 5) is 19.7. The van der Waals surface area contributed by atoms with Crippen LogP contribution in [0.15, 0.2) is 15.6 Å². The van der Waals surface area contributed by atoms with E-state index in [0.29, 0.717) is 16.8 Å². The van der Waals surface area contributed by atoms with Crippen LogP contribution in [0, 0.1) is 0 Å². The summed E-state index contributed by atoms with van der Waals surface area (Å²) >= 11 is 3.19. The van der Waals surface area contributed by atoms with Crippen LogP contribution in [0.5, 0.6) is 0 Å². The molecule has 0 aliphatic rings. The highest BCUT2D eigenvalue weighted by Gasteiger charge is 2.09. The zero-order valence-electron chi connectivity index (χ0n) is 7.96. The summed E-state index contributed by atoms with van der Waals surface area (Å²) in [5.74, 6) is 0.641. The number of H-pyrrole nitrogens is 1. The number of nitrogens with two attached hydrogens (primary N) is 1. The van der Waals surface area contributed by atoms with E-state index >= 15 is 0 Å². The number of aromatic nitrogens is 2. The zero-order chi connectivity index (χ0) is 10.6. The van der Waals surface area contributed by atoms with Crippen molar-refractivity contribution in [3.63, 3.8) is 0 Å². The van der Waals surface area contributed by atoms with Gasteiger partial charge in [-0.2, -0.15) is 0 Å². The van der Waals surface area contributed by atoms with Crippen LogP contribution in [0.1, 0.15) is 6.42 Å². The second kappa shape index (κ2) is 5.11. The zero-order valence-corrected chi connectivity index (χ0v) is 9.54. The molecular formula is C8H13BrN4O.